The summed E-state index contributed by atoms with van der Waals surface area (Å²) in [5.41, 5.74) is 2.51. The molecule has 3 amide bonds. The SMILES string of the molecule is COCCNc1cc(NC(=O)N2CCCc3cc(CN(C=O)CC4CCCO4)c(C=O)nc32)ncc1C#N. The molecular weight excluding hydrogens is 490 g/mol. The molecule has 2 N–H and O–H groups in total. The number of nitriles is 1. The molecule has 0 radical (unpaired) electrons. The van der Waals surface area contributed by atoms with Gasteiger partial charge >= 0.3 is 6.03 Å². The van der Waals surface area contributed by atoms with Gasteiger partial charge in [-0.2, -0.15) is 5.26 Å². The number of aldehydes is 1. The van der Waals surface area contributed by atoms with Gasteiger partial charge in [0.25, 0.3) is 0 Å². The standard InChI is InChI=1S/C26H31N7O5/c1-37-9-6-28-22-11-24(29-13-20(22)12-27)31-26(36)33-7-2-4-18-10-19(23(16-34)30-25(18)33)14-32(17-35)15-21-5-3-8-38-21/h10-11,13,16-17,21H,2-9,14-15H2,1H3,(H2,28,29,31,36). The monoisotopic (exact) mass is 521 g/mol. The minimum Gasteiger partial charge on any atom is -0.383 e. The fourth-order valence-corrected chi connectivity index (χ4v) is 4.62. The molecule has 0 saturated carbocycles. The number of ether oxygens (including phenoxy) is 2. The zero-order valence-electron chi connectivity index (χ0n) is 21.3. The summed E-state index contributed by atoms with van der Waals surface area (Å²) in [6, 6.07) is 5.07. The van der Waals surface area contributed by atoms with E-state index in [1.165, 1.54) is 11.1 Å². The molecule has 1 unspecified atom stereocenters. The van der Waals surface area contributed by atoms with E-state index in [4.69, 9.17) is 9.47 Å². The fraction of sp³-hybridized carbons (Fsp3) is 0.462. The van der Waals surface area contributed by atoms with E-state index < -0.39 is 6.03 Å². The number of amides is 3. The van der Waals surface area contributed by atoms with Gasteiger partial charge < -0.3 is 19.7 Å². The number of anilines is 3. The first kappa shape index (κ1) is 27.0. The molecule has 0 aromatic carbocycles. The summed E-state index contributed by atoms with van der Waals surface area (Å²) in [4.78, 5) is 48.7. The summed E-state index contributed by atoms with van der Waals surface area (Å²) in [5, 5.41) is 15.2. The predicted octanol–water partition coefficient (Wildman–Crippen LogP) is 2.34. The van der Waals surface area contributed by atoms with Gasteiger partial charge in [0.15, 0.2) is 6.29 Å². The lowest BCUT2D eigenvalue weighted by atomic mass is 10.0. The van der Waals surface area contributed by atoms with Crippen LogP contribution in [0, 0.1) is 11.3 Å². The second-order valence-corrected chi connectivity index (χ2v) is 9.14. The third kappa shape index (κ3) is 6.42. The van der Waals surface area contributed by atoms with E-state index in [1.807, 2.05) is 6.07 Å². The van der Waals surface area contributed by atoms with Crippen LogP contribution in [0.4, 0.5) is 22.1 Å². The molecule has 4 rings (SSSR count). The lowest BCUT2D eigenvalue weighted by Crippen LogP contribution is -2.40. The van der Waals surface area contributed by atoms with E-state index in [1.54, 1.807) is 18.1 Å². The van der Waals surface area contributed by atoms with Crippen molar-refractivity contribution in [2.45, 2.75) is 38.3 Å². The maximum absolute atomic E-state index is 13.2. The highest BCUT2D eigenvalue weighted by atomic mass is 16.5. The molecule has 12 heteroatoms. The largest absolute Gasteiger partial charge is 0.383 e. The van der Waals surface area contributed by atoms with Crippen molar-refractivity contribution in [1.29, 1.82) is 5.26 Å². The third-order valence-corrected chi connectivity index (χ3v) is 6.50. The van der Waals surface area contributed by atoms with E-state index in [0.717, 1.165) is 24.8 Å². The van der Waals surface area contributed by atoms with Gasteiger partial charge in [0.2, 0.25) is 6.41 Å². The number of aryl methyl sites for hydroxylation is 1. The van der Waals surface area contributed by atoms with Gasteiger partial charge in [-0.3, -0.25) is 19.8 Å². The molecule has 2 aliphatic rings. The number of nitrogens with zero attached hydrogens (tertiary/aromatic N) is 5. The Morgan fingerprint density at radius 1 is 1.37 bits per heavy atom. The molecule has 2 aromatic rings. The molecular formula is C26H31N7O5. The van der Waals surface area contributed by atoms with Crippen molar-refractivity contribution in [2.24, 2.45) is 0 Å². The molecule has 1 fully saturated rings. The van der Waals surface area contributed by atoms with Crippen molar-refractivity contribution in [3.8, 4) is 6.07 Å². The van der Waals surface area contributed by atoms with E-state index in [9.17, 15) is 19.6 Å². The zero-order valence-corrected chi connectivity index (χ0v) is 21.3. The number of methoxy groups -OCH3 is 1. The molecule has 200 valence electrons. The summed E-state index contributed by atoms with van der Waals surface area (Å²) < 4.78 is 10.7. The summed E-state index contributed by atoms with van der Waals surface area (Å²) in [7, 11) is 1.58. The number of nitrogens with one attached hydrogen (secondary N) is 2. The van der Waals surface area contributed by atoms with Gasteiger partial charge in [0.1, 0.15) is 23.4 Å². The molecule has 4 heterocycles. The highest BCUT2D eigenvalue weighted by molar-refractivity contribution is 6.01. The maximum Gasteiger partial charge on any atom is 0.328 e. The average molecular weight is 522 g/mol. The van der Waals surface area contributed by atoms with Gasteiger partial charge in [-0.05, 0) is 37.3 Å². The van der Waals surface area contributed by atoms with Crippen LogP contribution in [0.5, 0.6) is 0 Å². The van der Waals surface area contributed by atoms with E-state index in [2.05, 4.69) is 26.7 Å². The van der Waals surface area contributed by atoms with Crippen LogP contribution in [0.2, 0.25) is 0 Å². The molecule has 1 saturated heterocycles. The van der Waals surface area contributed by atoms with Crippen molar-refractivity contribution >= 4 is 36.1 Å². The second-order valence-electron chi connectivity index (χ2n) is 9.14. The van der Waals surface area contributed by atoms with Gasteiger partial charge in [0.05, 0.1) is 24.0 Å². The van der Waals surface area contributed by atoms with Crippen LogP contribution in [-0.2, 0) is 27.2 Å². The first-order chi connectivity index (χ1) is 18.6. The minimum atomic E-state index is -0.448. The summed E-state index contributed by atoms with van der Waals surface area (Å²) in [5.74, 6) is 0.674. The minimum absolute atomic E-state index is 0.00353. The van der Waals surface area contributed by atoms with Gasteiger partial charge in [-0.1, -0.05) is 0 Å². The topological polar surface area (TPSA) is 150 Å². The number of pyridine rings is 2. The number of hydrogen-bond donors (Lipinski definition) is 2. The van der Waals surface area contributed by atoms with E-state index in [-0.39, 0.29) is 24.2 Å². The molecule has 0 aliphatic carbocycles. The van der Waals surface area contributed by atoms with E-state index in [0.29, 0.717) is 74.6 Å². The zero-order chi connectivity index (χ0) is 26.9. The Labute approximate surface area is 220 Å². The van der Waals surface area contributed by atoms with Crippen molar-refractivity contribution < 1.29 is 23.9 Å². The molecule has 0 spiro atoms. The number of fused-ring (bicyclic) bond motifs is 1. The van der Waals surface area contributed by atoms with Crippen LogP contribution in [0.15, 0.2) is 18.3 Å². The van der Waals surface area contributed by atoms with Crippen LogP contribution in [0.1, 0.15) is 46.4 Å². The van der Waals surface area contributed by atoms with Crippen molar-refractivity contribution in [2.75, 3.05) is 55.5 Å². The van der Waals surface area contributed by atoms with E-state index >= 15 is 0 Å². The number of aromatic nitrogens is 2. The summed E-state index contributed by atoms with van der Waals surface area (Å²) in [6.45, 7) is 2.73. The molecule has 1 atom stereocenters. The smallest absolute Gasteiger partial charge is 0.328 e. The lowest BCUT2D eigenvalue weighted by molar-refractivity contribution is -0.120. The quantitative estimate of drug-likeness (QED) is 0.335. The number of urea groups is 1. The summed E-state index contributed by atoms with van der Waals surface area (Å²) in [6.07, 6.45) is 6.06. The molecule has 0 bridgehead atoms. The molecule has 2 aliphatic heterocycles. The predicted molar refractivity (Wildman–Crippen MR) is 139 cm³/mol. The fourth-order valence-electron chi connectivity index (χ4n) is 4.62. The number of carbonyl (C=O) groups excluding carboxylic acids is 3. The average Bonchev–Trinajstić information content (AvgIpc) is 3.45. The van der Waals surface area contributed by atoms with Crippen LogP contribution >= 0.6 is 0 Å². The normalized spacial score (nSPS) is 16.3. The maximum atomic E-state index is 13.2. The highest BCUT2D eigenvalue weighted by Gasteiger charge is 2.27. The highest BCUT2D eigenvalue weighted by Crippen LogP contribution is 2.29. The number of rotatable bonds is 11. The molecule has 38 heavy (non-hydrogen) atoms. The second kappa shape index (κ2) is 12.9. The Balaban J connectivity index is 1.51. The molecule has 12 nitrogen and oxygen atoms in total. The van der Waals surface area contributed by atoms with Crippen LogP contribution in [0.3, 0.4) is 0 Å². The Kier molecular flexibility index (Phi) is 9.18. The lowest BCUT2D eigenvalue weighted by Gasteiger charge is -2.29. The molecule has 2 aromatic heterocycles. The number of hydrogen-bond acceptors (Lipinski definition) is 9. The van der Waals surface area contributed by atoms with Gasteiger partial charge in [0, 0.05) is 57.7 Å². The Morgan fingerprint density at radius 2 is 2.24 bits per heavy atom. The Morgan fingerprint density at radius 3 is 2.95 bits per heavy atom. The van der Waals surface area contributed by atoms with Crippen molar-refractivity contribution in [3.63, 3.8) is 0 Å². The third-order valence-electron chi connectivity index (χ3n) is 6.50. The first-order valence-electron chi connectivity index (χ1n) is 12.6. The van der Waals surface area contributed by atoms with Gasteiger partial charge in [-0.15, -0.1) is 0 Å². The Bertz CT molecular complexity index is 1210. The van der Waals surface area contributed by atoms with Crippen molar-refractivity contribution in [3.05, 3.63) is 40.7 Å². The summed E-state index contributed by atoms with van der Waals surface area (Å²) >= 11 is 0. The van der Waals surface area contributed by atoms with Crippen molar-refractivity contribution in [1.82, 2.24) is 14.9 Å². The van der Waals surface area contributed by atoms with Gasteiger partial charge in [-0.25, -0.2) is 14.8 Å². The van der Waals surface area contributed by atoms with Crippen LogP contribution in [-0.4, -0.2) is 79.7 Å². The number of carbonyl (C=O) groups is 3. The van der Waals surface area contributed by atoms with Crippen LogP contribution in [0.25, 0.3) is 0 Å². The first-order valence-corrected chi connectivity index (χ1v) is 12.6. The van der Waals surface area contributed by atoms with Crippen LogP contribution < -0.4 is 15.5 Å². The Hall–Kier alpha value is -4.08.